The maximum Gasteiger partial charge on any atom is 0.373 e. The number of carbonyl (C=O) groups is 1. The monoisotopic (exact) mass is 307 g/mol. The summed E-state index contributed by atoms with van der Waals surface area (Å²) in [4.78, 5) is 11.5. The van der Waals surface area contributed by atoms with E-state index >= 15 is 0 Å². The zero-order valence-corrected chi connectivity index (χ0v) is 13.0. The standard InChI is InChI=1S/C16H18ClNO3/c1-4-18-15(11-6-5-10(2)9-12(11)17)13-7-8-14(21-13)16(19)20-3/h5-9,15,18H,4H2,1-3H3. The second-order valence-corrected chi connectivity index (χ2v) is 5.12. The maximum atomic E-state index is 11.5. The van der Waals surface area contributed by atoms with E-state index in [9.17, 15) is 4.79 Å². The number of nitrogens with one attached hydrogen (secondary N) is 1. The summed E-state index contributed by atoms with van der Waals surface area (Å²) in [5, 5.41) is 3.98. The van der Waals surface area contributed by atoms with Crippen molar-refractivity contribution in [1.82, 2.24) is 5.32 Å². The predicted molar refractivity (Wildman–Crippen MR) is 81.8 cm³/mol. The molecule has 5 heteroatoms. The van der Waals surface area contributed by atoms with Gasteiger partial charge in [0.05, 0.1) is 13.2 Å². The molecule has 0 saturated heterocycles. The zero-order chi connectivity index (χ0) is 15.4. The van der Waals surface area contributed by atoms with Crippen molar-refractivity contribution in [3.63, 3.8) is 0 Å². The molecule has 0 aliphatic carbocycles. The smallest absolute Gasteiger partial charge is 0.373 e. The number of benzene rings is 1. The minimum Gasteiger partial charge on any atom is -0.463 e. The van der Waals surface area contributed by atoms with Crippen LogP contribution in [0.2, 0.25) is 5.02 Å². The van der Waals surface area contributed by atoms with E-state index in [1.165, 1.54) is 7.11 Å². The molecule has 21 heavy (non-hydrogen) atoms. The summed E-state index contributed by atoms with van der Waals surface area (Å²) < 4.78 is 10.3. The Bertz CT molecular complexity index is 636. The van der Waals surface area contributed by atoms with Crippen LogP contribution in [-0.4, -0.2) is 19.6 Å². The van der Waals surface area contributed by atoms with Gasteiger partial charge in [0, 0.05) is 5.02 Å². The molecule has 0 radical (unpaired) electrons. The summed E-state index contributed by atoms with van der Waals surface area (Å²) >= 11 is 6.33. The number of methoxy groups -OCH3 is 1. The lowest BCUT2D eigenvalue weighted by Crippen LogP contribution is -2.22. The minimum atomic E-state index is -0.494. The maximum absolute atomic E-state index is 11.5. The van der Waals surface area contributed by atoms with E-state index in [0.717, 1.165) is 17.7 Å². The third kappa shape index (κ3) is 3.46. The van der Waals surface area contributed by atoms with Crippen LogP contribution in [0.5, 0.6) is 0 Å². The highest BCUT2D eigenvalue weighted by atomic mass is 35.5. The van der Waals surface area contributed by atoms with Crippen LogP contribution in [0.3, 0.4) is 0 Å². The summed E-state index contributed by atoms with van der Waals surface area (Å²) in [7, 11) is 1.32. The molecular formula is C16H18ClNO3. The Hall–Kier alpha value is -1.78. The molecule has 112 valence electrons. The number of hydrogen-bond acceptors (Lipinski definition) is 4. The molecule has 0 bridgehead atoms. The van der Waals surface area contributed by atoms with Crippen LogP contribution >= 0.6 is 11.6 Å². The highest BCUT2D eigenvalue weighted by Crippen LogP contribution is 2.30. The number of carbonyl (C=O) groups excluding carboxylic acids is 1. The lowest BCUT2D eigenvalue weighted by molar-refractivity contribution is 0.0562. The van der Waals surface area contributed by atoms with Crippen molar-refractivity contribution in [3.05, 3.63) is 58.0 Å². The molecule has 2 aromatic rings. The first-order chi connectivity index (χ1) is 10.1. The van der Waals surface area contributed by atoms with Crippen LogP contribution in [0.15, 0.2) is 34.7 Å². The molecule has 1 aromatic carbocycles. The molecule has 0 spiro atoms. The van der Waals surface area contributed by atoms with Gasteiger partial charge in [-0.25, -0.2) is 4.79 Å². The first kappa shape index (κ1) is 15.6. The van der Waals surface area contributed by atoms with E-state index in [4.69, 9.17) is 16.0 Å². The summed E-state index contributed by atoms with van der Waals surface area (Å²) in [6.45, 7) is 4.72. The highest BCUT2D eigenvalue weighted by molar-refractivity contribution is 6.31. The van der Waals surface area contributed by atoms with Gasteiger partial charge in [-0.2, -0.15) is 0 Å². The number of furan rings is 1. The Morgan fingerprint density at radius 3 is 2.76 bits per heavy atom. The third-order valence-corrected chi connectivity index (χ3v) is 3.50. The Kier molecular flexibility index (Phi) is 5.04. The van der Waals surface area contributed by atoms with Gasteiger partial charge in [-0.05, 0) is 42.8 Å². The van der Waals surface area contributed by atoms with Crippen molar-refractivity contribution in [2.24, 2.45) is 0 Å². The van der Waals surface area contributed by atoms with Crippen molar-refractivity contribution in [2.45, 2.75) is 19.9 Å². The molecule has 0 fully saturated rings. The fourth-order valence-corrected chi connectivity index (χ4v) is 2.50. The topological polar surface area (TPSA) is 51.5 Å². The van der Waals surface area contributed by atoms with E-state index in [1.807, 2.05) is 32.0 Å². The third-order valence-electron chi connectivity index (χ3n) is 3.17. The van der Waals surface area contributed by atoms with Gasteiger partial charge < -0.3 is 14.5 Å². The van der Waals surface area contributed by atoms with Gasteiger partial charge in [-0.3, -0.25) is 0 Å². The van der Waals surface area contributed by atoms with Crippen molar-refractivity contribution in [1.29, 1.82) is 0 Å². The van der Waals surface area contributed by atoms with E-state index in [1.54, 1.807) is 12.1 Å². The molecule has 0 aliphatic rings. The van der Waals surface area contributed by atoms with Crippen LogP contribution in [-0.2, 0) is 4.74 Å². The van der Waals surface area contributed by atoms with Crippen molar-refractivity contribution in [3.8, 4) is 0 Å². The molecule has 1 unspecified atom stereocenters. The molecule has 0 aliphatic heterocycles. The normalized spacial score (nSPS) is 12.2. The molecule has 4 nitrogen and oxygen atoms in total. The largest absolute Gasteiger partial charge is 0.463 e. The van der Waals surface area contributed by atoms with E-state index in [0.29, 0.717) is 10.8 Å². The lowest BCUT2D eigenvalue weighted by Gasteiger charge is -2.17. The average Bonchev–Trinajstić information content (AvgIpc) is 2.94. The average molecular weight is 308 g/mol. The van der Waals surface area contributed by atoms with Crippen molar-refractivity contribution in [2.75, 3.05) is 13.7 Å². The SMILES string of the molecule is CCNC(c1ccc(C(=O)OC)o1)c1ccc(C)cc1Cl. The molecule has 2 rings (SSSR count). The molecule has 1 aromatic heterocycles. The summed E-state index contributed by atoms with van der Waals surface area (Å²) in [6, 6.07) is 9.03. The Morgan fingerprint density at radius 1 is 1.38 bits per heavy atom. The second kappa shape index (κ2) is 6.78. The van der Waals surface area contributed by atoms with Crippen LogP contribution in [0.1, 0.15) is 40.4 Å². The predicted octanol–water partition coefficient (Wildman–Crippen LogP) is 3.73. The summed E-state index contributed by atoms with van der Waals surface area (Å²) in [6.07, 6.45) is 0. The van der Waals surface area contributed by atoms with Crippen LogP contribution < -0.4 is 5.32 Å². The Morgan fingerprint density at radius 2 is 2.14 bits per heavy atom. The Labute approximate surface area is 129 Å². The molecule has 1 atom stereocenters. The quantitative estimate of drug-likeness (QED) is 0.855. The van der Waals surface area contributed by atoms with Crippen LogP contribution in [0.4, 0.5) is 0 Å². The first-order valence-corrected chi connectivity index (χ1v) is 7.12. The van der Waals surface area contributed by atoms with E-state index in [2.05, 4.69) is 10.1 Å². The zero-order valence-electron chi connectivity index (χ0n) is 12.3. The van der Waals surface area contributed by atoms with E-state index in [-0.39, 0.29) is 11.8 Å². The number of aryl methyl sites for hydroxylation is 1. The summed E-state index contributed by atoms with van der Waals surface area (Å²) in [5.74, 6) is 0.313. The molecule has 1 N–H and O–H groups in total. The van der Waals surface area contributed by atoms with Gasteiger partial charge in [0.2, 0.25) is 5.76 Å². The fourth-order valence-electron chi connectivity index (χ4n) is 2.15. The highest BCUT2D eigenvalue weighted by Gasteiger charge is 2.21. The first-order valence-electron chi connectivity index (χ1n) is 6.74. The molecule has 1 heterocycles. The van der Waals surface area contributed by atoms with Gasteiger partial charge in [0.15, 0.2) is 0 Å². The van der Waals surface area contributed by atoms with Gasteiger partial charge in [0.1, 0.15) is 5.76 Å². The molecule has 0 saturated carbocycles. The lowest BCUT2D eigenvalue weighted by atomic mass is 10.0. The van der Waals surface area contributed by atoms with Gasteiger partial charge in [-0.1, -0.05) is 30.7 Å². The number of esters is 1. The molecule has 0 amide bonds. The Balaban J connectivity index is 2.38. The minimum absolute atomic E-state index is 0.179. The van der Waals surface area contributed by atoms with Gasteiger partial charge in [0.25, 0.3) is 0 Å². The van der Waals surface area contributed by atoms with Crippen LogP contribution in [0.25, 0.3) is 0 Å². The van der Waals surface area contributed by atoms with E-state index < -0.39 is 5.97 Å². The summed E-state index contributed by atoms with van der Waals surface area (Å²) in [5.41, 5.74) is 2.00. The number of rotatable bonds is 5. The van der Waals surface area contributed by atoms with Crippen LogP contribution in [0, 0.1) is 6.92 Å². The molecular weight excluding hydrogens is 290 g/mol. The number of halogens is 1. The van der Waals surface area contributed by atoms with Gasteiger partial charge in [-0.15, -0.1) is 0 Å². The van der Waals surface area contributed by atoms with Gasteiger partial charge >= 0.3 is 5.97 Å². The number of ether oxygens (including phenoxy) is 1. The van der Waals surface area contributed by atoms with Crippen molar-refractivity contribution < 1.29 is 13.9 Å². The fraction of sp³-hybridized carbons (Fsp3) is 0.312. The van der Waals surface area contributed by atoms with Crippen molar-refractivity contribution >= 4 is 17.6 Å². The second-order valence-electron chi connectivity index (χ2n) is 4.71. The number of hydrogen-bond donors (Lipinski definition) is 1.